The van der Waals surface area contributed by atoms with E-state index in [0.29, 0.717) is 6.54 Å². The molecule has 0 aliphatic carbocycles. The van der Waals surface area contributed by atoms with E-state index in [2.05, 4.69) is 44.2 Å². The molecule has 2 aromatic rings. The minimum atomic E-state index is 0.0219. The van der Waals surface area contributed by atoms with Crippen molar-refractivity contribution in [2.24, 2.45) is 5.73 Å². The van der Waals surface area contributed by atoms with E-state index in [0.717, 1.165) is 5.75 Å². The van der Waals surface area contributed by atoms with Crippen LogP contribution in [0.2, 0.25) is 0 Å². The Morgan fingerprint density at radius 3 is 2.35 bits per heavy atom. The number of fused-ring (bicyclic) bond motifs is 1. The van der Waals surface area contributed by atoms with Crippen LogP contribution in [0.25, 0.3) is 10.8 Å². The van der Waals surface area contributed by atoms with Gasteiger partial charge in [-0.05, 0) is 28.5 Å². The lowest BCUT2D eigenvalue weighted by atomic mass is 9.84. The monoisotopic (exact) mass is 229 g/mol. The summed E-state index contributed by atoms with van der Waals surface area (Å²) in [7, 11) is 1.69. The van der Waals surface area contributed by atoms with Gasteiger partial charge in [-0.2, -0.15) is 0 Å². The molecule has 0 amide bonds. The van der Waals surface area contributed by atoms with Crippen molar-refractivity contribution in [2.75, 3.05) is 13.7 Å². The molecule has 0 saturated heterocycles. The summed E-state index contributed by atoms with van der Waals surface area (Å²) < 4.78 is 5.22. The van der Waals surface area contributed by atoms with Crippen molar-refractivity contribution < 1.29 is 4.74 Å². The zero-order valence-electron chi connectivity index (χ0n) is 10.7. The number of benzene rings is 2. The topological polar surface area (TPSA) is 35.2 Å². The highest BCUT2D eigenvalue weighted by atomic mass is 16.5. The second kappa shape index (κ2) is 4.38. The molecule has 0 fully saturated rings. The number of hydrogen-bond acceptors (Lipinski definition) is 2. The molecule has 0 aromatic heterocycles. The maximum Gasteiger partial charge on any atom is 0.119 e. The van der Waals surface area contributed by atoms with Crippen LogP contribution in [0.3, 0.4) is 0 Å². The van der Waals surface area contributed by atoms with Crippen molar-refractivity contribution in [3.63, 3.8) is 0 Å². The molecular formula is C15H19NO. The van der Waals surface area contributed by atoms with Crippen LogP contribution in [0, 0.1) is 0 Å². The van der Waals surface area contributed by atoms with Crippen molar-refractivity contribution in [1.29, 1.82) is 0 Å². The molecule has 0 bridgehead atoms. The third kappa shape index (κ3) is 2.27. The average Bonchev–Trinajstić information content (AvgIpc) is 2.37. The highest BCUT2D eigenvalue weighted by molar-refractivity contribution is 5.84. The van der Waals surface area contributed by atoms with Gasteiger partial charge >= 0.3 is 0 Å². The molecule has 17 heavy (non-hydrogen) atoms. The first-order chi connectivity index (χ1) is 8.06. The van der Waals surface area contributed by atoms with Crippen LogP contribution in [-0.4, -0.2) is 13.7 Å². The third-order valence-corrected chi connectivity index (χ3v) is 3.34. The number of hydrogen-bond donors (Lipinski definition) is 1. The Kier molecular flexibility index (Phi) is 3.07. The first kappa shape index (κ1) is 11.9. The standard InChI is InChI=1S/C15H19NO/c1-15(2,10-16)13-6-4-12-9-14(17-3)7-5-11(12)8-13/h4-9H,10,16H2,1-3H3. The Labute approximate surface area is 102 Å². The number of nitrogens with two attached hydrogens (primary N) is 1. The van der Waals surface area contributed by atoms with E-state index in [1.165, 1.54) is 16.3 Å². The van der Waals surface area contributed by atoms with Crippen molar-refractivity contribution in [3.05, 3.63) is 42.0 Å². The Morgan fingerprint density at radius 2 is 1.71 bits per heavy atom. The SMILES string of the molecule is COc1ccc2cc(C(C)(C)CN)ccc2c1. The van der Waals surface area contributed by atoms with Crippen molar-refractivity contribution >= 4 is 10.8 Å². The molecule has 2 aromatic carbocycles. The maximum absolute atomic E-state index is 5.81. The Balaban J connectivity index is 2.52. The van der Waals surface area contributed by atoms with Crippen LogP contribution in [0.1, 0.15) is 19.4 Å². The van der Waals surface area contributed by atoms with E-state index in [1.54, 1.807) is 7.11 Å². The maximum atomic E-state index is 5.81. The normalized spacial score (nSPS) is 11.8. The van der Waals surface area contributed by atoms with Gasteiger partial charge in [0.2, 0.25) is 0 Å². The Morgan fingerprint density at radius 1 is 1.06 bits per heavy atom. The van der Waals surface area contributed by atoms with Gasteiger partial charge in [0.1, 0.15) is 5.75 Å². The number of rotatable bonds is 3. The summed E-state index contributed by atoms with van der Waals surface area (Å²) in [5.41, 5.74) is 7.11. The molecule has 2 heteroatoms. The summed E-state index contributed by atoms with van der Waals surface area (Å²) in [6.45, 7) is 4.98. The molecule has 0 unspecified atom stereocenters. The molecule has 0 aliphatic rings. The fraction of sp³-hybridized carbons (Fsp3) is 0.333. The van der Waals surface area contributed by atoms with Gasteiger partial charge < -0.3 is 10.5 Å². The quantitative estimate of drug-likeness (QED) is 0.877. The molecular weight excluding hydrogens is 210 g/mol. The summed E-state index contributed by atoms with van der Waals surface area (Å²) in [6, 6.07) is 12.6. The van der Waals surface area contributed by atoms with Gasteiger partial charge in [-0.15, -0.1) is 0 Å². The smallest absolute Gasteiger partial charge is 0.119 e. The van der Waals surface area contributed by atoms with Crippen LogP contribution >= 0.6 is 0 Å². The van der Waals surface area contributed by atoms with Crippen LogP contribution < -0.4 is 10.5 Å². The van der Waals surface area contributed by atoms with Gasteiger partial charge in [-0.1, -0.05) is 38.1 Å². The second-order valence-electron chi connectivity index (χ2n) is 5.02. The lowest BCUT2D eigenvalue weighted by molar-refractivity contribution is 0.415. The van der Waals surface area contributed by atoms with E-state index >= 15 is 0 Å². The zero-order chi connectivity index (χ0) is 12.5. The van der Waals surface area contributed by atoms with E-state index < -0.39 is 0 Å². The summed E-state index contributed by atoms with van der Waals surface area (Å²) in [5, 5.41) is 2.42. The van der Waals surface area contributed by atoms with E-state index in [1.807, 2.05) is 6.07 Å². The molecule has 0 saturated carbocycles. The van der Waals surface area contributed by atoms with Crippen LogP contribution in [0.5, 0.6) is 5.75 Å². The minimum absolute atomic E-state index is 0.0219. The minimum Gasteiger partial charge on any atom is -0.497 e. The van der Waals surface area contributed by atoms with Gasteiger partial charge in [0.25, 0.3) is 0 Å². The van der Waals surface area contributed by atoms with Crippen molar-refractivity contribution in [2.45, 2.75) is 19.3 Å². The first-order valence-electron chi connectivity index (χ1n) is 5.85. The molecule has 2 nitrogen and oxygen atoms in total. The van der Waals surface area contributed by atoms with Gasteiger partial charge in [0.15, 0.2) is 0 Å². The third-order valence-electron chi connectivity index (χ3n) is 3.34. The zero-order valence-corrected chi connectivity index (χ0v) is 10.7. The molecule has 0 spiro atoms. The average molecular weight is 229 g/mol. The largest absolute Gasteiger partial charge is 0.497 e. The van der Waals surface area contributed by atoms with Crippen LogP contribution in [0.15, 0.2) is 36.4 Å². The van der Waals surface area contributed by atoms with Crippen LogP contribution in [-0.2, 0) is 5.41 Å². The number of methoxy groups -OCH3 is 1. The van der Waals surface area contributed by atoms with E-state index in [9.17, 15) is 0 Å². The lowest BCUT2D eigenvalue weighted by Gasteiger charge is -2.23. The van der Waals surface area contributed by atoms with E-state index in [-0.39, 0.29) is 5.41 Å². The Hall–Kier alpha value is -1.54. The summed E-state index contributed by atoms with van der Waals surface area (Å²) >= 11 is 0. The van der Waals surface area contributed by atoms with Gasteiger partial charge in [-0.25, -0.2) is 0 Å². The van der Waals surface area contributed by atoms with Gasteiger partial charge in [-0.3, -0.25) is 0 Å². The lowest BCUT2D eigenvalue weighted by Crippen LogP contribution is -2.27. The van der Waals surface area contributed by atoms with Crippen molar-refractivity contribution in [3.8, 4) is 5.75 Å². The molecule has 2 rings (SSSR count). The van der Waals surface area contributed by atoms with E-state index in [4.69, 9.17) is 10.5 Å². The van der Waals surface area contributed by atoms with Crippen LogP contribution in [0.4, 0.5) is 0 Å². The summed E-state index contributed by atoms with van der Waals surface area (Å²) in [5.74, 6) is 0.892. The Bertz CT molecular complexity index is 531. The highest BCUT2D eigenvalue weighted by Crippen LogP contribution is 2.27. The predicted octanol–water partition coefficient (Wildman–Crippen LogP) is 3.08. The molecule has 0 atom stereocenters. The van der Waals surface area contributed by atoms with Gasteiger partial charge in [0, 0.05) is 12.0 Å². The highest BCUT2D eigenvalue weighted by Gasteiger charge is 2.18. The summed E-state index contributed by atoms with van der Waals surface area (Å²) in [6.07, 6.45) is 0. The fourth-order valence-electron chi connectivity index (χ4n) is 1.89. The molecule has 0 heterocycles. The molecule has 0 aliphatic heterocycles. The second-order valence-corrected chi connectivity index (χ2v) is 5.02. The molecule has 90 valence electrons. The molecule has 2 N–H and O–H groups in total. The number of ether oxygens (including phenoxy) is 1. The summed E-state index contributed by atoms with van der Waals surface area (Å²) in [4.78, 5) is 0. The van der Waals surface area contributed by atoms with Crippen molar-refractivity contribution in [1.82, 2.24) is 0 Å². The fourth-order valence-corrected chi connectivity index (χ4v) is 1.89. The van der Waals surface area contributed by atoms with Gasteiger partial charge in [0.05, 0.1) is 7.11 Å². The first-order valence-corrected chi connectivity index (χ1v) is 5.85. The molecule has 0 radical (unpaired) electrons. The predicted molar refractivity (Wildman–Crippen MR) is 72.6 cm³/mol.